The average Bonchev–Trinajstić information content (AvgIpc) is 3.06. The molecule has 2 aromatic carbocycles. The molecule has 0 fully saturated rings. The zero-order chi connectivity index (χ0) is 21.6. The fraction of sp³-hybridized carbons (Fsp3) is 0.190. The summed E-state index contributed by atoms with van der Waals surface area (Å²) < 4.78 is 31.6. The lowest BCUT2D eigenvalue weighted by Crippen LogP contribution is -2.15. The molecule has 0 bridgehead atoms. The van der Waals surface area contributed by atoms with Gasteiger partial charge < -0.3 is 0 Å². The summed E-state index contributed by atoms with van der Waals surface area (Å²) in [7, 11) is -3.79. The van der Waals surface area contributed by atoms with Gasteiger partial charge in [0.05, 0.1) is 10.6 Å². The van der Waals surface area contributed by atoms with Crippen LogP contribution < -0.4 is 4.72 Å². The molecule has 154 valence electrons. The molecule has 0 saturated heterocycles. The van der Waals surface area contributed by atoms with Crippen LogP contribution in [0.5, 0.6) is 0 Å². The number of halogens is 1. The Morgan fingerprint density at radius 2 is 1.60 bits per heavy atom. The van der Waals surface area contributed by atoms with Crippen molar-refractivity contribution in [1.29, 1.82) is 0 Å². The third-order valence-electron chi connectivity index (χ3n) is 4.88. The van der Waals surface area contributed by atoms with E-state index < -0.39 is 10.0 Å². The Labute approximate surface area is 183 Å². The molecule has 4 rings (SSSR count). The van der Waals surface area contributed by atoms with E-state index in [9.17, 15) is 8.42 Å². The van der Waals surface area contributed by atoms with Crippen LogP contribution in [0.3, 0.4) is 0 Å². The SMILES string of the molecule is Cc1ccc(-c2ccc3nnc(C)n3n2)cc1S(=O)(=O)Nc1cc(C)c(Br)c(C)c1. The summed E-state index contributed by atoms with van der Waals surface area (Å²) in [6.45, 7) is 7.44. The third kappa shape index (κ3) is 3.70. The molecule has 0 aliphatic heterocycles. The molecule has 4 aromatic rings. The summed E-state index contributed by atoms with van der Waals surface area (Å²) in [4.78, 5) is 0.209. The van der Waals surface area contributed by atoms with Gasteiger partial charge >= 0.3 is 0 Å². The van der Waals surface area contributed by atoms with Gasteiger partial charge in [0.2, 0.25) is 0 Å². The van der Waals surface area contributed by atoms with Crippen LogP contribution in [0.1, 0.15) is 22.5 Å². The van der Waals surface area contributed by atoms with Crippen LogP contribution in [0.15, 0.2) is 51.8 Å². The van der Waals surface area contributed by atoms with Crippen molar-refractivity contribution in [3.63, 3.8) is 0 Å². The predicted molar refractivity (Wildman–Crippen MR) is 120 cm³/mol. The maximum absolute atomic E-state index is 13.2. The number of hydrogen-bond acceptors (Lipinski definition) is 5. The molecule has 0 amide bonds. The number of nitrogens with one attached hydrogen (secondary N) is 1. The zero-order valence-electron chi connectivity index (χ0n) is 16.9. The van der Waals surface area contributed by atoms with Gasteiger partial charge in [-0.15, -0.1) is 10.2 Å². The van der Waals surface area contributed by atoms with E-state index in [4.69, 9.17) is 0 Å². The molecule has 2 heterocycles. The summed E-state index contributed by atoms with van der Waals surface area (Å²) >= 11 is 3.51. The number of anilines is 1. The van der Waals surface area contributed by atoms with E-state index >= 15 is 0 Å². The number of benzene rings is 2. The molecule has 0 unspecified atom stereocenters. The van der Waals surface area contributed by atoms with E-state index in [2.05, 4.69) is 35.9 Å². The van der Waals surface area contributed by atoms with E-state index in [1.165, 1.54) is 0 Å². The van der Waals surface area contributed by atoms with Crippen LogP contribution in [0.25, 0.3) is 16.9 Å². The summed E-state index contributed by atoms with van der Waals surface area (Å²) in [6, 6.07) is 12.5. The Morgan fingerprint density at radius 1 is 0.900 bits per heavy atom. The molecule has 0 spiro atoms. The Balaban J connectivity index is 1.75. The van der Waals surface area contributed by atoms with Gasteiger partial charge in [-0.1, -0.05) is 28.1 Å². The highest BCUT2D eigenvalue weighted by atomic mass is 79.9. The normalized spacial score (nSPS) is 11.8. The Bertz CT molecular complexity index is 1370. The molecule has 0 radical (unpaired) electrons. The molecule has 0 saturated carbocycles. The molecule has 0 aliphatic carbocycles. The monoisotopic (exact) mass is 485 g/mol. The maximum atomic E-state index is 13.2. The lowest BCUT2D eigenvalue weighted by atomic mass is 10.1. The average molecular weight is 486 g/mol. The van der Waals surface area contributed by atoms with Crippen LogP contribution in [-0.4, -0.2) is 28.2 Å². The molecular weight excluding hydrogens is 466 g/mol. The van der Waals surface area contributed by atoms with Crippen LogP contribution in [-0.2, 0) is 10.0 Å². The van der Waals surface area contributed by atoms with Crippen molar-refractivity contribution < 1.29 is 8.42 Å². The lowest BCUT2D eigenvalue weighted by molar-refractivity contribution is 0.600. The van der Waals surface area contributed by atoms with Crippen molar-refractivity contribution in [2.75, 3.05) is 4.72 Å². The van der Waals surface area contributed by atoms with Crippen molar-refractivity contribution in [1.82, 2.24) is 19.8 Å². The van der Waals surface area contributed by atoms with E-state index in [0.717, 1.165) is 15.6 Å². The second-order valence-electron chi connectivity index (χ2n) is 7.25. The summed E-state index contributed by atoms with van der Waals surface area (Å²) in [5.41, 5.74) is 5.06. The van der Waals surface area contributed by atoms with E-state index in [0.29, 0.717) is 34.0 Å². The first-order valence-electron chi connectivity index (χ1n) is 9.25. The zero-order valence-corrected chi connectivity index (χ0v) is 19.3. The highest BCUT2D eigenvalue weighted by Gasteiger charge is 2.19. The van der Waals surface area contributed by atoms with Crippen LogP contribution >= 0.6 is 15.9 Å². The number of rotatable bonds is 4. The van der Waals surface area contributed by atoms with Gasteiger partial charge in [-0.25, -0.2) is 8.42 Å². The molecule has 30 heavy (non-hydrogen) atoms. The first kappa shape index (κ1) is 20.5. The fourth-order valence-corrected chi connectivity index (χ4v) is 4.86. The van der Waals surface area contributed by atoms with Crippen LogP contribution in [0.2, 0.25) is 0 Å². The minimum atomic E-state index is -3.79. The number of nitrogens with zero attached hydrogens (tertiary/aromatic N) is 4. The molecule has 2 aromatic heterocycles. The minimum absolute atomic E-state index is 0.209. The molecule has 1 N–H and O–H groups in total. The number of fused-ring (bicyclic) bond motifs is 1. The van der Waals surface area contributed by atoms with Gasteiger partial charge in [0.25, 0.3) is 10.0 Å². The number of aromatic nitrogens is 4. The van der Waals surface area contributed by atoms with E-state index in [-0.39, 0.29) is 4.90 Å². The molecular formula is C21H20BrN5O2S. The molecule has 7 nitrogen and oxygen atoms in total. The first-order chi connectivity index (χ1) is 14.2. The predicted octanol–water partition coefficient (Wildman–Crippen LogP) is 4.59. The topological polar surface area (TPSA) is 89.2 Å². The molecule has 0 aliphatic rings. The molecule has 9 heteroatoms. The van der Waals surface area contributed by atoms with Crippen LogP contribution in [0.4, 0.5) is 5.69 Å². The maximum Gasteiger partial charge on any atom is 0.262 e. The summed E-state index contributed by atoms with van der Waals surface area (Å²) in [5, 5.41) is 12.6. The van der Waals surface area contributed by atoms with Crippen molar-refractivity contribution >= 4 is 37.3 Å². The van der Waals surface area contributed by atoms with Gasteiger partial charge in [0, 0.05) is 15.7 Å². The summed E-state index contributed by atoms with van der Waals surface area (Å²) in [5.74, 6) is 0.662. The van der Waals surface area contributed by atoms with Gasteiger partial charge in [-0.05, 0) is 74.7 Å². The van der Waals surface area contributed by atoms with Crippen molar-refractivity contribution in [3.05, 3.63) is 69.5 Å². The Morgan fingerprint density at radius 3 is 2.30 bits per heavy atom. The van der Waals surface area contributed by atoms with Crippen LogP contribution in [0, 0.1) is 27.7 Å². The standard InChI is InChI=1S/C21H20BrN5O2S/c1-12-5-6-16(18-7-8-20-24-23-15(4)27(20)25-18)11-19(12)30(28,29)26-17-9-13(2)21(22)14(3)10-17/h5-11,26H,1-4H3. The minimum Gasteiger partial charge on any atom is -0.280 e. The number of hydrogen-bond donors (Lipinski definition) is 1. The smallest absolute Gasteiger partial charge is 0.262 e. The Kier molecular flexibility index (Phi) is 5.11. The second kappa shape index (κ2) is 7.48. The van der Waals surface area contributed by atoms with E-state index in [1.54, 1.807) is 41.8 Å². The van der Waals surface area contributed by atoms with Crippen molar-refractivity contribution in [2.45, 2.75) is 32.6 Å². The summed E-state index contributed by atoms with van der Waals surface area (Å²) in [6.07, 6.45) is 0. The molecule has 0 atom stereocenters. The van der Waals surface area contributed by atoms with Gasteiger partial charge in [0.1, 0.15) is 0 Å². The highest BCUT2D eigenvalue weighted by molar-refractivity contribution is 9.10. The number of aryl methyl sites for hydroxylation is 4. The van der Waals surface area contributed by atoms with E-state index in [1.807, 2.05) is 32.9 Å². The quantitative estimate of drug-likeness (QED) is 0.456. The van der Waals surface area contributed by atoms with Gasteiger partial charge in [-0.3, -0.25) is 4.72 Å². The first-order valence-corrected chi connectivity index (χ1v) is 11.5. The Hall–Kier alpha value is -2.78. The van der Waals surface area contributed by atoms with Gasteiger partial charge in [-0.2, -0.15) is 9.61 Å². The highest BCUT2D eigenvalue weighted by Crippen LogP contribution is 2.29. The third-order valence-corrected chi connectivity index (χ3v) is 7.65. The largest absolute Gasteiger partial charge is 0.280 e. The van der Waals surface area contributed by atoms with Gasteiger partial charge in [0.15, 0.2) is 11.5 Å². The van der Waals surface area contributed by atoms with Crippen molar-refractivity contribution in [2.24, 2.45) is 0 Å². The van der Waals surface area contributed by atoms with Crippen molar-refractivity contribution in [3.8, 4) is 11.3 Å². The second-order valence-corrected chi connectivity index (χ2v) is 9.69. The number of sulfonamides is 1. The fourth-order valence-electron chi connectivity index (χ4n) is 3.31. The lowest BCUT2D eigenvalue weighted by Gasteiger charge is -2.14.